The van der Waals surface area contributed by atoms with Crippen LogP contribution in [0.2, 0.25) is 5.02 Å². The molecule has 1 rings (SSSR count). The number of halogens is 1. The molecule has 0 aliphatic carbocycles. The molecule has 0 unspecified atom stereocenters. The molecule has 0 amide bonds. The van der Waals surface area contributed by atoms with Gasteiger partial charge in [-0.15, -0.1) is 0 Å². The first-order valence-electron chi connectivity index (χ1n) is 4.24. The van der Waals surface area contributed by atoms with Crippen LogP contribution in [0.1, 0.15) is 6.92 Å². The standard InChI is InChI=1S/C9H8ClN3O3/c1-6(14)5-11-12-9-4-7(13(15)16)2-3-8(9)10/h2-5,12H,1H3. The highest BCUT2D eigenvalue weighted by Crippen LogP contribution is 2.26. The van der Waals surface area contributed by atoms with E-state index in [1.54, 1.807) is 0 Å². The Morgan fingerprint density at radius 1 is 1.62 bits per heavy atom. The number of ketones is 1. The number of Topliss-reactive ketones (excluding diaryl/α,β-unsaturated/α-hetero) is 1. The first-order chi connectivity index (χ1) is 7.50. The molecule has 0 saturated carbocycles. The van der Waals surface area contributed by atoms with Crippen LogP contribution < -0.4 is 5.43 Å². The van der Waals surface area contributed by atoms with E-state index < -0.39 is 4.92 Å². The molecule has 0 radical (unpaired) electrons. The minimum Gasteiger partial charge on any atom is -0.293 e. The van der Waals surface area contributed by atoms with Gasteiger partial charge in [-0.2, -0.15) is 5.10 Å². The topological polar surface area (TPSA) is 84.6 Å². The lowest BCUT2D eigenvalue weighted by Crippen LogP contribution is -1.97. The van der Waals surface area contributed by atoms with Gasteiger partial charge in [0.05, 0.1) is 21.8 Å². The van der Waals surface area contributed by atoms with Gasteiger partial charge in [-0.25, -0.2) is 0 Å². The fraction of sp³-hybridized carbons (Fsp3) is 0.111. The fourth-order valence-electron chi connectivity index (χ4n) is 0.905. The van der Waals surface area contributed by atoms with Gasteiger partial charge in [0.15, 0.2) is 5.78 Å². The largest absolute Gasteiger partial charge is 0.293 e. The number of nitrogens with one attached hydrogen (secondary N) is 1. The summed E-state index contributed by atoms with van der Waals surface area (Å²) in [7, 11) is 0. The van der Waals surface area contributed by atoms with Crippen LogP contribution in [0.5, 0.6) is 0 Å². The van der Waals surface area contributed by atoms with E-state index in [0.717, 1.165) is 6.21 Å². The number of anilines is 1. The molecule has 0 bridgehead atoms. The van der Waals surface area contributed by atoms with Crippen LogP contribution in [-0.4, -0.2) is 16.9 Å². The number of carbonyl (C=O) groups excluding carboxylic acids is 1. The molecule has 0 aromatic heterocycles. The number of non-ortho nitro benzene ring substituents is 1. The number of nitrogens with zero attached hydrogens (tertiary/aromatic N) is 2. The van der Waals surface area contributed by atoms with Crippen LogP contribution in [-0.2, 0) is 4.79 Å². The van der Waals surface area contributed by atoms with Gasteiger partial charge in [0.1, 0.15) is 0 Å². The number of benzene rings is 1. The molecule has 0 fully saturated rings. The molecule has 0 aliphatic rings. The summed E-state index contributed by atoms with van der Waals surface area (Å²) < 4.78 is 0. The summed E-state index contributed by atoms with van der Waals surface area (Å²) in [5, 5.41) is 14.3. The molecule has 0 heterocycles. The Bertz CT molecular complexity index is 459. The lowest BCUT2D eigenvalue weighted by atomic mass is 10.3. The van der Waals surface area contributed by atoms with Crippen molar-refractivity contribution in [1.82, 2.24) is 0 Å². The smallest absolute Gasteiger partial charge is 0.271 e. The number of rotatable bonds is 4. The maximum absolute atomic E-state index is 10.6. The first-order valence-corrected chi connectivity index (χ1v) is 4.62. The van der Waals surface area contributed by atoms with Gasteiger partial charge in [-0.1, -0.05) is 11.6 Å². The summed E-state index contributed by atoms with van der Waals surface area (Å²) in [6.07, 6.45) is 1.05. The van der Waals surface area contributed by atoms with E-state index in [9.17, 15) is 14.9 Å². The summed E-state index contributed by atoms with van der Waals surface area (Å²) >= 11 is 5.77. The van der Waals surface area contributed by atoms with E-state index in [4.69, 9.17) is 11.6 Å². The van der Waals surface area contributed by atoms with Crippen molar-refractivity contribution in [2.24, 2.45) is 5.10 Å². The van der Waals surface area contributed by atoms with Crippen molar-refractivity contribution in [1.29, 1.82) is 0 Å². The second-order valence-corrected chi connectivity index (χ2v) is 3.31. The molecule has 1 aromatic carbocycles. The van der Waals surface area contributed by atoms with Crippen LogP contribution in [0, 0.1) is 10.1 Å². The molecule has 84 valence electrons. The molecule has 1 aromatic rings. The average molecular weight is 242 g/mol. The number of nitro groups is 1. The van der Waals surface area contributed by atoms with Gasteiger partial charge >= 0.3 is 0 Å². The van der Waals surface area contributed by atoms with Crippen LogP contribution in [0.3, 0.4) is 0 Å². The summed E-state index contributed by atoms with van der Waals surface area (Å²) in [6, 6.07) is 3.90. The van der Waals surface area contributed by atoms with E-state index in [1.165, 1.54) is 25.1 Å². The molecular formula is C9H8ClN3O3. The maximum atomic E-state index is 10.6. The second kappa shape index (κ2) is 5.22. The molecule has 0 atom stereocenters. The third-order valence-corrected chi connectivity index (χ3v) is 1.92. The zero-order valence-electron chi connectivity index (χ0n) is 8.31. The third kappa shape index (κ3) is 3.32. The van der Waals surface area contributed by atoms with Gasteiger partial charge in [-0.05, 0) is 6.07 Å². The Balaban J connectivity index is 2.90. The predicted molar refractivity (Wildman–Crippen MR) is 60.9 cm³/mol. The highest BCUT2D eigenvalue weighted by molar-refractivity contribution is 6.33. The van der Waals surface area contributed by atoms with Gasteiger partial charge in [0.25, 0.3) is 5.69 Å². The summed E-state index contributed by atoms with van der Waals surface area (Å²) in [5.41, 5.74) is 2.62. The quantitative estimate of drug-likeness (QED) is 0.498. The molecule has 0 spiro atoms. The van der Waals surface area contributed by atoms with E-state index >= 15 is 0 Å². The number of carbonyl (C=O) groups is 1. The highest BCUT2D eigenvalue weighted by atomic mass is 35.5. The SMILES string of the molecule is CC(=O)C=NNc1cc([N+](=O)[O-])ccc1Cl. The highest BCUT2D eigenvalue weighted by Gasteiger charge is 2.08. The van der Waals surface area contributed by atoms with Gasteiger partial charge in [-0.3, -0.25) is 20.3 Å². The Labute approximate surface area is 96.1 Å². The number of hydrazone groups is 1. The molecular weight excluding hydrogens is 234 g/mol. The normalized spacial score (nSPS) is 10.4. The Morgan fingerprint density at radius 2 is 2.31 bits per heavy atom. The van der Waals surface area contributed by atoms with E-state index in [2.05, 4.69) is 10.5 Å². The first kappa shape index (κ1) is 12.1. The molecule has 1 N–H and O–H groups in total. The van der Waals surface area contributed by atoms with Crippen molar-refractivity contribution in [2.45, 2.75) is 6.92 Å². The van der Waals surface area contributed by atoms with Gasteiger partial charge < -0.3 is 0 Å². The minimum atomic E-state index is -0.545. The van der Waals surface area contributed by atoms with Crippen molar-refractivity contribution < 1.29 is 9.72 Å². The summed E-state index contributed by atoms with van der Waals surface area (Å²) in [4.78, 5) is 20.5. The monoisotopic (exact) mass is 241 g/mol. The van der Waals surface area contributed by atoms with E-state index in [-0.39, 0.29) is 22.2 Å². The van der Waals surface area contributed by atoms with Crippen molar-refractivity contribution in [2.75, 3.05) is 5.43 Å². The third-order valence-electron chi connectivity index (χ3n) is 1.59. The lowest BCUT2D eigenvalue weighted by molar-refractivity contribution is -0.384. The molecule has 0 saturated heterocycles. The predicted octanol–water partition coefficient (Wildman–Crippen LogP) is 2.23. The second-order valence-electron chi connectivity index (χ2n) is 2.90. The number of nitro benzene ring substituents is 1. The van der Waals surface area contributed by atoms with Crippen molar-refractivity contribution >= 4 is 35.0 Å². The Kier molecular flexibility index (Phi) is 3.96. The van der Waals surface area contributed by atoms with Crippen molar-refractivity contribution in [3.05, 3.63) is 33.3 Å². The average Bonchev–Trinajstić information content (AvgIpc) is 2.20. The van der Waals surface area contributed by atoms with Crippen molar-refractivity contribution in [3.63, 3.8) is 0 Å². The van der Waals surface area contributed by atoms with E-state index in [1.807, 2.05) is 0 Å². The van der Waals surface area contributed by atoms with Crippen LogP contribution in [0.4, 0.5) is 11.4 Å². The zero-order chi connectivity index (χ0) is 12.1. The van der Waals surface area contributed by atoms with Crippen LogP contribution in [0.15, 0.2) is 23.3 Å². The number of hydrogen-bond acceptors (Lipinski definition) is 5. The molecule has 6 nitrogen and oxygen atoms in total. The zero-order valence-corrected chi connectivity index (χ0v) is 9.06. The summed E-state index contributed by atoms with van der Waals surface area (Å²) in [6.45, 7) is 1.33. The molecule has 7 heteroatoms. The van der Waals surface area contributed by atoms with Crippen molar-refractivity contribution in [3.8, 4) is 0 Å². The van der Waals surface area contributed by atoms with Crippen LogP contribution >= 0.6 is 11.6 Å². The minimum absolute atomic E-state index is 0.107. The molecule has 0 aliphatic heterocycles. The summed E-state index contributed by atoms with van der Waals surface area (Å²) in [5.74, 6) is -0.242. The van der Waals surface area contributed by atoms with E-state index in [0.29, 0.717) is 0 Å². The lowest BCUT2D eigenvalue weighted by Gasteiger charge is -2.02. The Hall–Kier alpha value is -1.95. The number of hydrogen-bond donors (Lipinski definition) is 1. The van der Waals surface area contributed by atoms with Gasteiger partial charge in [0, 0.05) is 19.1 Å². The molecule has 16 heavy (non-hydrogen) atoms. The maximum Gasteiger partial charge on any atom is 0.271 e. The Morgan fingerprint density at radius 3 is 2.88 bits per heavy atom. The fourth-order valence-corrected chi connectivity index (χ4v) is 1.07. The van der Waals surface area contributed by atoms with Crippen LogP contribution in [0.25, 0.3) is 0 Å². The van der Waals surface area contributed by atoms with Gasteiger partial charge in [0.2, 0.25) is 0 Å².